The molecule has 1 unspecified atom stereocenters. The number of anilines is 1. The van der Waals surface area contributed by atoms with Crippen LogP contribution in [0, 0.1) is 11.3 Å². The molecule has 9 nitrogen and oxygen atoms in total. The summed E-state index contributed by atoms with van der Waals surface area (Å²) in [6.07, 6.45) is 1.56. The highest BCUT2D eigenvalue weighted by Gasteiger charge is 2.50. The van der Waals surface area contributed by atoms with Gasteiger partial charge in [-0.25, -0.2) is 13.2 Å². The zero-order chi connectivity index (χ0) is 26.9. The van der Waals surface area contributed by atoms with Gasteiger partial charge in [0.15, 0.2) is 0 Å². The molecule has 1 atom stereocenters. The first kappa shape index (κ1) is 25.3. The third kappa shape index (κ3) is 4.68. The zero-order valence-electron chi connectivity index (χ0n) is 19.7. The molecule has 0 radical (unpaired) electrons. The first-order valence-corrected chi connectivity index (χ1v) is 13.6. The maximum Gasteiger partial charge on any atom is 0.357 e. The van der Waals surface area contributed by atoms with Gasteiger partial charge in [0, 0.05) is 18.8 Å². The second kappa shape index (κ2) is 9.83. The maximum atomic E-state index is 13.1. The number of rotatable bonds is 7. The Labute approximate surface area is 222 Å². The molecule has 1 aromatic heterocycles. The Morgan fingerprint density at radius 1 is 1.03 bits per heavy atom. The normalized spacial score (nSPS) is 16.3. The summed E-state index contributed by atoms with van der Waals surface area (Å²) in [5, 5.41) is 22.0. The minimum Gasteiger partial charge on any atom is -0.478 e. The van der Waals surface area contributed by atoms with E-state index in [2.05, 4.69) is 10.0 Å². The Morgan fingerprint density at radius 2 is 1.71 bits per heavy atom. The van der Waals surface area contributed by atoms with E-state index in [-0.39, 0.29) is 21.2 Å². The molecule has 0 aliphatic carbocycles. The highest BCUT2D eigenvalue weighted by atomic mass is 32.2. The number of benzene rings is 3. The minimum absolute atomic E-state index is 0.0142. The van der Waals surface area contributed by atoms with Crippen molar-refractivity contribution in [1.29, 1.82) is 5.26 Å². The number of carboxylic acid groups (broad SMARTS) is 1. The summed E-state index contributed by atoms with van der Waals surface area (Å²) < 4.78 is 30.2. The number of hydrogen-bond acceptors (Lipinski definition) is 7. The van der Waals surface area contributed by atoms with E-state index in [0.717, 1.165) is 16.7 Å². The van der Waals surface area contributed by atoms with Crippen LogP contribution < -0.4 is 15.5 Å². The Balaban J connectivity index is 1.52. The SMILES string of the molecule is N#Cc1ccc(S(=O)(=O)NC2(C(=O)O)Nc3c(n(Cc4ccccc4-c4ccccc4)ccc3=O)S2)cc1. The van der Waals surface area contributed by atoms with Gasteiger partial charge in [0.25, 0.3) is 4.99 Å². The number of nitriles is 1. The van der Waals surface area contributed by atoms with Crippen molar-refractivity contribution in [3.05, 3.63) is 112 Å². The number of nitrogens with zero attached hydrogens (tertiary/aromatic N) is 2. The van der Waals surface area contributed by atoms with Crippen LogP contribution in [0.1, 0.15) is 11.1 Å². The summed E-state index contributed by atoms with van der Waals surface area (Å²) in [4.78, 5) is 22.7. The Bertz CT molecular complexity index is 1750. The fourth-order valence-electron chi connectivity index (χ4n) is 4.14. The Hall–Kier alpha value is -4.37. The van der Waals surface area contributed by atoms with Gasteiger partial charge in [-0.3, -0.25) is 4.79 Å². The highest BCUT2D eigenvalue weighted by Crippen LogP contribution is 2.43. The molecule has 0 saturated heterocycles. The summed E-state index contributed by atoms with van der Waals surface area (Å²) in [5.41, 5.74) is 2.67. The molecule has 2 heterocycles. The zero-order valence-corrected chi connectivity index (χ0v) is 21.3. The van der Waals surface area contributed by atoms with E-state index in [4.69, 9.17) is 5.26 Å². The molecule has 4 aromatic rings. The first-order valence-electron chi connectivity index (χ1n) is 11.3. The fourth-order valence-corrected chi connectivity index (χ4v) is 6.79. The number of carboxylic acids is 1. The van der Waals surface area contributed by atoms with Crippen molar-refractivity contribution in [2.75, 3.05) is 5.32 Å². The van der Waals surface area contributed by atoms with Gasteiger partial charge in [-0.15, -0.1) is 0 Å². The van der Waals surface area contributed by atoms with Crippen LogP contribution in [0.15, 0.2) is 106 Å². The number of sulfonamides is 1. The molecule has 1 aliphatic rings. The van der Waals surface area contributed by atoms with Crippen LogP contribution >= 0.6 is 11.8 Å². The van der Waals surface area contributed by atoms with E-state index >= 15 is 0 Å². The summed E-state index contributed by atoms with van der Waals surface area (Å²) >= 11 is 0.692. The van der Waals surface area contributed by atoms with Crippen molar-refractivity contribution in [1.82, 2.24) is 9.29 Å². The molecule has 3 N–H and O–H groups in total. The lowest BCUT2D eigenvalue weighted by Crippen LogP contribution is -2.55. The molecule has 3 aromatic carbocycles. The van der Waals surface area contributed by atoms with Gasteiger partial charge < -0.3 is 15.0 Å². The predicted molar refractivity (Wildman–Crippen MR) is 143 cm³/mol. The average Bonchev–Trinajstić information content (AvgIpc) is 3.32. The van der Waals surface area contributed by atoms with Crippen LogP contribution in [-0.2, 0) is 21.4 Å². The molecule has 11 heteroatoms. The molecule has 0 saturated carbocycles. The molecular weight excluding hydrogens is 524 g/mol. The van der Waals surface area contributed by atoms with Crippen molar-refractivity contribution in [2.24, 2.45) is 0 Å². The molecule has 0 fully saturated rings. The Kier molecular flexibility index (Phi) is 6.54. The molecule has 1 aliphatic heterocycles. The summed E-state index contributed by atoms with van der Waals surface area (Å²) in [6.45, 7) is 0.306. The number of thioether (sulfide) groups is 1. The predicted octanol–water partition coefficient (Wildman–Crippen LogP) is 3.67. The number of aromatic nitrogens is 1. The third-order valence-electron chi connectivity index (χ3n) is 5.99. The molecule has 0 spiro atoms. The number of nitrogens with one attached hydrogen (secondary N) is 2. The van der Waals surface area contributed by atoms with Crippen LogP contribution in [0.3, 0.4) is 0 Å². The fraction of sp³-hybridized carbons (Fsp3) is 0.0741. The second-order valence-electron chi connectivity index (χ2n) is 8.47. The van der Waals surface area contributed by atoms with Crippen LogP contribution in [-0.4, -0.2) is 29.1 Å². The number of pyridine rings is 1. The third-order valence-corrected chi connectivity index (χ3v) is 8.91. The topological polar surface area (TPSA) is 141 Å². The lowest BCUT2D eigenvalue weighted by molar-refractivity contribution is -0.139. The van der Waals surface area contributed by atoms with Crippen LogP contribution in [0.4, 0.5) is 5.69 Å². The van der Waals surface area contributed by atoms with Crippen molar-refractivity contribution in [2.45, 2.75) is 21.5 Å². The molecule has 38 heavy (non-hydrogen) atoms. The summed E-state index contributed by atoms with van der Waals surface area (Å²) in [6, 6.07) is 25.8. The van der Waals surface area contributed by atoms with Crippen LogP contribution in [0.5, 0.6) is 0 Å². The average molecular weight is 545 g/mol. The van der Waals surface area contributed by atoms with Gasteiger partial charge in [-0.05, 0) is 52.7 Å². The van der Waals surface area contributed by atoms with Gasteiger partial charge in [0.1, 0.15) is 10.7 Å². The van der Waals surface area contributed by atoms with Crippen molar-refractivity contribution >= 4 is 33.4 Å². The standard InChI is InChI=1S/C27H20N4O5S2/c28-16-18-10-12-21(13-11-18)38(35,36)30-27(26(33)34)29-24-23(32)14-15-31(25(24)37-27)17-20-8-4-5-9-22(20)19-6-2-1-3-7-19/h1-15,29-30H,17H2,(H,33,34). The molecule has 0 bridgehead atoms. The molecular formula is C27H20N4O5S2. The second-order valence-corrected chi connectivity index (χ2v) is 11.4. The molecule has 190 valence electrons. The lowest BCUT2D eigenvalue weighted by atomic mass is 10.00. The number of fused-ring (bicyclic) bond motifs is 1. The molecule has 5 rings (SSSR count). The number of hydrogen-bond donors (Lipinski definition) is 3. The summed E-state index contributed by atoms with van der Waals surface area (Å²) in [7, 11) is -4.35. The van der Waals surface area contributed by atoms with Gasteiger partial charge >= 0.3 is 5.97 Å². The van der Waals surface area contributed by atoms with Gasteiger partial charge in [0.05, 0.1) is 16.5 Å². The monoisotopic (exact) mass is 544 g/mol. The smallest absolute Gasteiger partial charge is 0.357 e. The van der Waals surface area contributed by atoms with Crippen molar-refractivity contribution in [3.63, 3.8) is 0 Å². The van der Waals surface area contributed by atoms with E-state index in [1.807, 2.05) is 60.7 Å². The largest absolute Gasteiger partial charge is 0.478 e. The van der Waals surface area contributed by atoms with E-state index in [0.29, 0.717) is 18.3 Å². The van der Waals surface area contributed by atoms with Crippen molar-refractivity contribution in [3.8, 4) is 17.2 Å². The minimum atomic E-state index is -4.35. The van der Waals surface area contributed by atoms with Crippen LogP contribution in [0.2, 0.25) is 0 Å². The highest BCUT2D eigenvalue weighted by molar-refractivity contribution is 8.02. The quantitative estimate of drug-likeness (QED) is 0.320. The van der Waals surface area contributed by atoms with Gasteiger partial charge in [0.2, 0.25) is 15.5 Å². The van der Waals surface area contributed by atoms with Gasteiger partial charge in [-0.2, -0.15) is 9.98 Å². The van der Waals surface area contributed by atoms with Crippen LogP contribution in [0.25, 0.3) is 11.1 Å². The lowest BCUT2D eigenvalue weighted by Gasteiger charge is -2.25. The number of aliphatic carboxylic acids is 1. The summed E-state index contributed by atoms with van der Waals surface area (Å²) in [5.74, 6) is -1.52. The Morgan fingerprint density at radius 3 is 2.39 bits per heavy atom. The maximum absolute atomic E-state index is 13.1. The van der Waals surface area contributed by atoms with E-state index < -0.39 is 26.4 Å². The van der Waals surface area contributed by atoms with Crippen molar-refractivity contribution < 1.29 is 18.3 Å². The van der Waals surface area contributed by atoms with E-state index in [1.165, 1.54) is 30.3 Å². The van der Waals surface area contributed by atoms with Gasteiger partial charge in [-0.1, -0.05) is 54.6 Å². The van der Waals surface area contributed by atoms with E-state index in [9.17, 15) is 23.1 Å². The first-order chi connectivity index (χ1) is 18.2. The molecule has 0 amide bonds. The van der Waals surface area contributed by atoms with E-state index in [1.54, 1.807) is 10.8 Å². The number of carbonyl (C=O) groups is 1.